The van der Waals surface area contributed by atoms with Gasteiger partial charge in [0.25, 0.3) is 0 Å². The maximum atomic E-state index is 12.6. The van der Waals surface area contributed by atoms with Crippen molar-refractivity contribution in [1.82, 2.24) is 0 Å². The molecule has 2 atom stereocenters. The third-order valence-electron chi connectivity index (χ3n) is 4.80. The molecule has 0 aromatic heterocycles. The van der Waals surface area contributed by atoms with E-state index in [0.717, 1.165) is 64.8 Å². The summed E-state index contributed by atoms with van der Waals surface area (Å²) in [5, 5.41) is 0. The van der Waals surface area contributed by atoms with Crippen LogP contribution >= 0.6 is 0 Å². The molecule has 3 rings (SSSR count). The van der Waals surface area contributed by atoms with E-state index in [1.165, 1.54) is 0 Å². The smallest absolute Gasteiger partial charge is 0.164 e. The van der Waals surface area contributed by atoms with Gasteiger partial charge in [0.05, 0.1) is 5.60 Å². The van der Waals surface area contributed by atoms with Gasteiger partial charge in [0.15, 0.2) is 5.78 Å². The van der Waals surface area contributed by atoms with Crippen molar-refractivity contribution in [2.75, 3.05) is 26.4 Å². The van der Waals surface area contributed by atoms with Crippen LogP contribution in [0.4, 0.5) is 0 Å². The second-order valence-corrected chi connectivity index (χ2v) is 6.09. The lowest BCUT2D eigenvalue weighted by Crippen LogP contribution is -2.47. The fourth-order valence-corrected chi connectivity index (χ4v) is 3.59. The van der Waals surface area contributed by atoms with Crippen LogP contribution in [-0.2, 0) is 19.0 Å². The zero-order chi connectivity index (χ0) is 13.1. The van der Waals surface area contributed by atoms with E-state index in [4.69, 9.17) is 14.2 Å². The lowest BCUT2D eigenvalue weighted by Gasteiger charge is -2.43. The molecular formula is C15H24O4. The van der Waals surface area contributed by atoms with E-state index in [2.05, 4.69) is 0 Å². The Kier molecular flexibility index (Phi) is 4.20. The molecule has 0 radical (unpaired) electrons. The van der Waals surface area contributed by atoms with Crippen LogP contribution in [0, 0.1) is 5.92 Å². The molecule has 1 spiro atoms. The van der Waals surface area contributed by atoms with E-state index in [9.17, 15) is 4.79 Å². The summed E-state index contributed by atoms with van der Waals surface area (Å²) in [6.45, 7) is 2.99. The first-order valence-corrected chi connectivity index (χ1v) is 7.66. The molecule has 0 aliphatic carbocycles. The van der Waals surface area contributed by atoms with E-state index in [0.29, 0.717) is 12.4 Å². The van der Waals surface area contributed by atoms with Crippen LogP contribution in [0.3, 0.4) is 0 Å². The minimum absolute atomic E-state index is 0.0918. The SMILES string of the molecule is O=C(C1CCOC2(CCOCC2)C1)C1CCCCO1. The minimum Gasteiger partial charge on any atom is -0.381 e. The summed E-state index contributed by atoms with van der Waals surface area (Å²) in [5.41, 5.74) is -0.0918. The molecule has 0 saturated carbocycles. The predicted octanol–water partition coefficient (Wildman–Crippen LogP) is 2.10. The number of rotatable bonds is 2. The van der Waals surface area contributed by atoms with Gasteiger partial charge < -0.3 is 14.2 Å². The highest BCUT2D eigenvalue weighted by atomic mass is 16.5. The van der Waals surface area contributed by atoms with Gasteiger partial charge in [-0.2, -0.15) is 0 Å². The van der Waals surface area contributed by atoms with Crippen molar-refractivity contribution in [3.8, 4) is 0 Å². The molecule has 4 nitrogen and oxygen atoms in total. The Bertz CT molecular complexity index is 311. The summed E-state index contributed by atoms with van der Waals surface area (Å²) in [5.74, 6) is 0.462. The van der Waals surface area contributed by atoms with Crippen molar-refractivity contribution in [3.05, 3.63) is 0 Å². The summed E-state index contributed by atoms with van der Waals surface area (Å²) >= 11 is 0. The highest BCUT2D eigenvalue weighted by molar-refractivity contribution is 5.85. The maximum absolute atomic E-state index is 12.6. The molecule has 0 aromatic rings. The van der Waals surface area contributed by atoms with Gasteiger partial charge in [-0.1, -0.05) is 0 Å². The Morgan fingerprint density at radius 3 is 2.58 bits per heavy atom. The number of hydrogen-bond donors (Lipinski definition) is 0. The lowest BCUT2D eigenvalue weighted by atomic mass is 9.77. The number of ketones is 1. The quantitative estimate of drug-likeness (QED) is 0.769. The summed E-state index contributed by atoms with van der Waals surface area (Å²) in [6, 6.07) is 0. The summed E-state index contributed by atoms with van der Waals surface area (Å²) in [4.78, 5) is 12.6. The van der Waals surface area contributed by atoms with Crippen molar-refractivity contribution >= 4 is 5.78 Å². The van der Waals surface area contributed by atoms with Gasteiger partial charge in [0.2, 0.25) is 0 Å². The molecule has 0 aromatic carbocycles. The molecule has 3 aliphatic heterocycles. The van der Waals surface area contributed by atoms with Crippen LogP contribution in [-0.4, -0.2) is 43.9 Å². The average Bonchev–Trinajstić information content (AvgIpc) is 2.48. The molecule has 3 fully saturated rings. The number of ether oxygens (including phenoxy) is 3. The zero-order valence-corrected chi connectivity index (χ0v) is 11.6. The maximum Gasteiger partial charge on any atom is 0.164 e. The van der Waals surface area contributed by atoms with Crippen molar-refractivity contribution in [1.29, 1.82) is 0 Å². The first kappa shape index (κ1) is 13.5. The highest BCUT2D eigenvalue weighted by Gasteiger charge is 2.42. The van der Waals surface area contributed by atoms with Gasteiger partial charge in [-0.05, 0) is 44.9 Å². The second-order valence-electron chi connectivity index (χ2n) is 6.09. The molecular weight excluding hydrogens is 244 g/mol. The molecule has 0 N–H and O–H groups in total. The van der Waals surface area contributed by atoms with Gasteiger partial charge in [-0.3, -0.25) is 4.79 Å². The van der Waals surface area contributed by atoms with E-state index in [1.54, 1.807) is 0 Å². The van der Waals surface area contributed by atoms with E-state index in [-0.39, 0.29) is 17.6 Å². The Labute approximate surface area is 114 Å². The van der Waals surface area contributed by atoms with Crippen LogP contribution in [0.25, 0.3) is 0 Å². The van der Waals surface area contributed by atoms with Crippen molar-refractivity contribution in [2.24, 2.45) is 5.92 Å². The summed E-state index contributed by atoms with van der Waals surface area (Å²) in [6.07, 6.45) is 6.58. The third-order valence-corrected chi connectivity index (χ3v) is 4.80. The first-order valence-electron chi connectivity index (χ1n) is 7.66. The van der Waals surface area contributed by atoms with Gasteiger partial charge in [-0.15, -0.1) is 0 Å². The summed E-state index contributed by atoms with van der Waals surface area (Å²) < 4.78 is 17.1. The van der Waals surface area contributed by atoms with Crippen molar-refractivity contribution < 1.29 is 19.0 Å². The predicted molar refractivity (Wildman–Crippen MR) is 70.1 cm³/mol. The van der Waals surface area contributed by atoms with Gasteiger partial charge >= 0.3 is 0 Å². The van der Waals surface area contributed by atoms with E-state index < -0.39 is 0 Å². The number of carbonyl (C=O) groups excluding carboxylic acids is 1. The highest BCUT2D eigenvalue weighted by Crippen LogP contribution is 2.38. The van der Waals surface area contributed by atoms with Gasteiger partial charge in [0, 0.05) is 32.3 Å². The zero-order valence-electron chi connectivity index (χ0n) is 11.6. The van der Waals surface area contributed by atoms with Crippen molar-refractivity contribution in [2.45, 2.75) is 56.7 Å². The number of carbonyl (C=O) groups is 1. The Balaban J connectivity index is 1.62. The normalized spacial score (nSPS) is 35.2. The second kappa shape index (κ2) is 5.90. The molecule has 4 heteroatoms. The topological polar surface area (TPSA) is 44.8 Å². The van der Waals surface area contributed by atoms with Crippen LogP contribution in [0.1, 0.15) is 44.9 Å². The Morgan fingerprint density at radius 2 is 1.84 bits per heavy atom. The van der Waals surface area contributed by atoms with E-state index >= 15 is 0 Å². The van der Waals surface area contributed by atoms with Crippen molar-refractivity contribution in [3.63, 3.8) is 0 Å². The van der Waals surface area contributed by atoms with Crippen LogP contribution in [0.15, 0.2) is 0 Å². The minimum atomic E-state index is -0.145. The molecule has 3 saturated heterocycles. The average molecular weight is 268 g/mol. The van der Waals surface area contributed by atoms with Crippen LogP contribution in [0.2, 0.25) is 0 Å². The van der Waals surface area contributed by atoms with E-state index in [1.807, 2.05) is 0 Å². The largest absolute Gasteiger partial charge is 0.381 e. The monoisotopic (exact) mass is 268 g/mol. The first-order chi connectivity index (χ1) is 9.29. The Hall–Kier alpha value is -0.450. The lowest BCUT2D eigenvalue weighted by molar-refractivity contribution is -0.164. The molecule has 0 amide bonds. The molecule has 0 bridgehead atoms. The number of hydrogen-bond acceptors (Lipinski definition) is 4. The van der Waals surface area contributed by atoms with Crippen LogP contribution in [0.5, 0.6) is 0 Å². The molecule has 3 aliphatic rings. The fraction of sp³-hybridized carbons (Fsp3) is 0.933. The molecule has 3 heterocycles. The standard InChI is InChI=1S/C15H24O4/c16-14(13-3-1-2-7-18-13)12-4-8-19-15(11-12)5-9-17-10-6-15/h12-13H,1-11H2. The van der Waals surface area contributed by atoms with Gasteiger partial charge in [0.1, 0.15) is 6.10 Å². The third kappa shape index (κ3) is 3.01. The summed E-state index contributed by atoms with van der Waals surface area (Å²) in [7, 11) is 0. The number of Topliss-reactive ketones (excluding diaryl/α,β-unsaturated/α-hetero) is 1. The molecule has 2 unspecified atom stereocenters. The van der Waals surface area contributed by atoms with Crippen LogP contribution < -0.4 is 0 Å². The Morgan fingerprint density at radius 1 is 1.00 bits per heavy atom. The fourth-order valence-electron chi connectivity index (χ4n) is 3.59. The molecule has 108 valence electrons. The molecule has 19 heavy (non-hydrogen) atoms. The van der Waals surface area contributed by atoms with Gasteiger partial charge in [-0.25, -0.2) is 0 Å².